The van der Waals surface area contributed by atoms with Gasteiger partial charge in [0.1, 0.15) is 0 Å². The molecule has 0 saturated heterocycles. The van der Waals surface area contributed by atoms with Crippen LogP contribution in [-0.2, 0) is 19.4 Å². The van der Waals surface area contributed by atoms with Gasteiger partial charge in [0.2, 0.25) is 0 Å². The molecule has 0 aliphatic carbocycles. The molecular weight excluding hydrogens is 292 g/mol. The number of hydrogen-bond donors (Lipinski definition) is 1. The van der Waals surface area contributed by atoms with Gasteiger partial charge in [-0.1, -0.05) is 30.3 Å². The number of rotatable bonds is 3. The third-order valence-electron chi connectivity index (χ3n) is 4.23. The first-order chi connectivity index (χ1) is 10.9. The number of fused-ring (bicyclic) bond motifs is 1. The highest BCUT2D eigenvalue weighted by atomic mass is 32.1. The zero-order valence-electron chi connectivity index (χ0n) is 12.3. The van der Waals surface area contributed by atoms with E-state index in [0.717, 1.165) is 38.2 Å². The molecule has 0 bridgehead atoms. The van der Waals surface area contributed by atoms with Crippen LogP contribution < -0.4 is 0 Å². The van der Waals surface area contributed by atoms with Gasteiger partial charge in [0.15, 0.2) is 0 Å². The summed E-state index contributed by atoms with van der Waals surface area (Å²) in [6.07, 6.45) is 2.07. The number of H-pyrrole nitrogens is 1. The summed E-state index contributed by atoms with van der Waals surface area (Å²) in [5, 5.41) is 9.95. The molecule has 22 heavy (non-hydrogen) atoms. The van der Waals surface area contributed by atoms with Crippen LogP contribution in [0.3, 0.4) is 0 Å². The van der Waals surface area contributed by atoms with Crippen LogP contribution in [0.2, 0.25) is 0 Å². The fourth-order valence-corrected chi connectivity index (χ4v) is 3.62. The number of nitrogens with zero attached hydrogens (tertiary/aromatic N) is 3. The molecule has 0 unspecified atom stereocenters. The van der Waals surface area contributed by atoms with Crippen LogP contribution in [0.4, 0.5) is 0 Å². The number of aromatic nitrogens is 3. The lowest BCUT2D eigenvalue weighted by atomic mass is 10.0. The fourth-order valence-electron chi connectivity index (χ4n) is 3.07. The minimum atomic E-state index is 0.946. The molecule has 0 saturated carbocycles. The second-order valence-corrected chi connectivity index (χ2v) is 6.37. The summed E-state index contributed by atoms with van der Waals surface area (Å²) in [6, 6.07) is 10.5. The van der Waals surface area contributed by atoms with Crippen molar-refractivity contribution in [3.8, 4) is 11.3 Å². The number of thiazole rings is 1. The molecule has 0 spiro atoms. The lowest BCUT2D eigenvalue weighted by Crippen LogP contribution is -2.26. The summed E-state index contributed by atoms with van der Waals surface area (Å²) in [5.74, 6) is 0. The average Bonchev–Trinajstić information content (AvgIpc) is 3.16. The van der Waals surface area contributed by atoms with Crippen molar-refractivity contribution >= 4 is 11.3 Å². The van der Waals surface area contributed by atoms with E-state index in [1.807, 2.05) is 11.6 Å². The molecular formula is C17H18N4S. The van der Waals surface area contributed by atoms with E-state index in [1.165, 1.54) is 22.5 Å². The van der Waals surface area contributed by atoms with Crippen LogP contribution in [0.25, 0.3) is 11.3 Å². The van der Waals surface area contributed by atoms with Gasteiger partial charge in [-0.2, -0.15) is 5.10 Å². The Labute approximate surface area is 133 Å². The summed E-state index contributed by atoms with van der Waals surface area (Å²) in [6.45, 7) is 3.06. The molecule has 2 aromatic heterocycles. The van der Waals surface area contributed by atoms with Crippen molar-refractivity contribution in [3.05, 3.63) is 58.2 Å². The lowest BCUT2D eigenvalue weighted by Gasteiger charge is -2.18. The van der Waals surface area contributed by atoms with Gasteiger partial charge in [0.25, 0.3) is 0 Å². The maximum Gasteiger partial charge on any atom is 0.0955 e. The Kier molecular flexibility index (Phi) is 3.74. The first-order valence-electron chi connectivity index (χ1n) is 7.61. The smallest absolute Gasteiger partial charge is 0.0955 e. The number of nitrogens with one attached hydrogen (secondary N) is 1. The van der Waals surface area contributed by atoms with Crippen molar-refractivity contribution in [1.29, 1.82) is 0 Å². The van der Waals surface area contributed by atoms with Crippen molar-refractivity contribution in [3.63, 3.8) is 0 Å². The monoisotopic (exact) mass is 310 g/mol. The lowest BCUT2D eigenvalue weighted by molar-refractivity contribution is 0.276. The summed E-state index contributed by atoms with van der Waals surface area (Å²) in [4.78, 5) is 6.88. The molecule has 3 aromatic rings. The zero-order chi connectivity index (χ0) is 14.8. The van der Waals surface area contributed by atoms with Crippen molar-refractivity contribution in [2.45, 2.75) is 19.4 Å². The summed E-state index contributed by atoms with van der Waals surface area (Å²) >= 11 is 1.67. The minimum Gasteiger partial charge on any atom is -0.297 e. The van der Waals surface area contributed by atoms with E-state index in [9.17, 15) is 0 Å². The van der Waals surface area contributed by atoms with E-state index < -0.39 is 0 Å². The number of hydrogen-bond acceptors (Lipinski definition) is 4. The van der Waals surface area contributed by atoms with Gasteiger partial charge in [-0.15, -0.1) is 11.3 Å². The van der Waals surface area contributed by atoms with Crippen LogP contribution in [0.1, 0.15) is 17.0 Å². The van der Waals surface area contributed by atoms with E-state index in [1.54, 1.807) is 11.3 Å². The van der Waals surface area contributed by atoms with Crippen molar-refractivity contribution in [1.82, 2.24) is 20.1 Å². The Hall–Kier alpha value is -1.98. The highest BCUT2D eigenvalue weighted by Crippen LogP contribution is 2.26. The Bertz CT molecular complexity index is 733. The number of aromatic amines is 1. The van der Waals surface area contributed by atoms with Crippen molar-refractivity contribution in [2.75, 3.05) is 13.1 Å². The molecule has 0 atom stereocenters. The maximum absolute atomic E-state index is 4.56. The summed E-state index contributed by atoms with van der Waals surface area (Å²) in [5.41, 5.74) is 8.08. The first kappa shape index (κ1) is 13.7. The standard InChI is InChI=1S/C17H18N4S/c1-2-4-13(5-3-1)17-15-6-8-21(9-7-16(15)19-20-17)10-14-11-22-12-18-14/h1-5,11-12H,6-10H2,(H,19,20). The summed E-state index contributed by atoms with van der Waals surface area (Å²) in [7, 11) is 0. The maximum atomic E-state index is 4.56. The highest BCUT2D eigenvalue weighted by Gasteiger charge is 2.20. The Balaban J connectivity index is 1.54. The quantitative estimate of drug-likeness (QED) is 0.808. The van der Waals surface area contributed by atoms with Gasteiger partial charge >= 0.3 is 0 Å². The largest absolute Gasteiger partial charge is 0.297 e. The average molecular weight is 310 g/mol. The molecule has 1 aliphatic rings. The molecule has 1 N–H and O–H groups in total. The van der Waals surface area contributed by atoms with Gasteiger partial charge < -0.3 is 0 Å². The van der Waals surface area contributed by atoms with Crippen molar-refractivity contribution < 1.29 is 0 Å². The van der Waals surface area contributed by atoms with Crippen LogP contribution in [-0.4, -0.2) is 33.2 Å². The predicted molar refractivity (Wildman–Crippen MR) is 88.8 cm³/mol. The summed E-state index contributed by atoms with van der Waals surface area (Å²) < 4.78 is 0. The topological polar surface area (TPSA) is 44.8 Å². The third kappa shape index (κ3) is 2.69. The number of benzene rings is 1. The van der Waals surface area contributed by atoms with Crippen molar-refractivity contribution in [2.24, 2.45) is 0 Å². The molecule has 4 nitrogen and oxygen atoms in total. The molecule has 0 amide bonds. The van der Waals surface area contributed by atoms with E-state index >= 15 is 0 Å². The van der Waals surface area contributed by atoms with Gasteiger partial charge in [0.05, 0.1) is 16.9 Å². The van der Waals surface area contributed by atoms with E-state index in [2.05, 4.69) is 49.7 Å². The minimum absolute atomic E-state index is 0.946. The molecule has 1 aliphatic heterocycles. The second kappa shape index (κ2) is 6.02. The SMILES string of the molecule is c1ccc(-c2n[nH]c3c2CCN(Cc2cscn2)CC3)cc1. The molecule has 4 rings (SSSR count). The van der Waals surface area contributed by atoms with E-state index in [4.69, 9.17) is 0 Å². The van der Waals surface area contributed by atoms with E-state index in [0.29, 0.717) is 0 Å². The Morgan fingerprint density at radius 2 is 2.00 bits per heavy atom. The first-order valence-corrected chi connectivity index (χ1v) is 8.55. The van der Waals surface area contributed by atoms with Gasteiger partial charge in [-0.3, -0.25) is 10.00 Å². The molecule has 5 heteroatoms. The third-order valence-corrected chi connectivity index (χ3v) is 4.86. The Morgan fingerprint density at radius 3 is 2.82 bits per heavy atom. The molecule has 112 valence electrons. The molecule has 3 heterocycles. The normalized spacial score (nSPS) is 15.5. The second-order valence-electron chi connectivity index (χ2n) is 5.65. The zero-order valence-corrected chi connectivity index (χ0v) is 13.1. The Morgan fingerprint density at radius 1 is 1.14 bits per heavy atom. The van der Waals surface area contributed by atoms with E-state index in [-0.39, 0.29) is 0 Å². The van der Waals surface area contributed by atoms with Crippen LogP contribution in [0.5, 0.6) is 0 Å². The predicted octanol–water partition coefficient (Wildman–Crippen LogP) is 3.13. The van der Waals surface area contributed by atoms with Crippen LogP contribution in [0, 0.1) is 0 Å². The molecule has 0 radical (unpaired) electrons. The fraction of sp³-hybridized carbons (Fsp3) is 0.294. The van der Waals surface area contributed by atoms with Crippen LogP contribution in [0.15, 0.2) is 41.2 Å². The van der Waals surface area contributed by atoms with Gasteiger partial charge in [0, 0.05) is 48.3 Å². The molecule has 1 aromatic carbocycles. The van der Waals surface area contributed by atoms with Gasteiger partial charge in [-0.05, 0) is 6.42 Å². The van der Waals surface area contributed by atoms with Crippen LogP contribution >= 0.6 is 11.3 Å². The highest BCUT2D eigenvalue weighted by molar-refractivity contribution is 7.07. The van der Waals surface area contributed by atoms with Gasteiger partial charge in [-0.25, -0.2) is 4.98 Å². The molecule has 0 fully saturated rings.